The number of thiophene rings is 1. The highest BCUT2D eigenvalue weighted by Gasteiger charge is 2.26. The highest BCUT2D eigenvalue weighted by Crippen LogP contribution is 2.19. The van der Waals surface area contributed by atoms with Crippen LogP contribution in [0.15, 0.2) is 21.7 Å². The molecule has 0 saturated carbocycles. The summed E-state index contributed by atoms with van der Waals surface area (Å²) >= 11 is 1.02. The first kappa shape index (κ1) is 17.6. The maximum atomic E-state index is 12.1. The summed E-state index contributed by atoms with van der Waals surface area (Å²) in [5.74, 6) is -2.04. The molecule has 0 fully saturated rings. The molecule has 1 atom stereocenters. The molecule has 0 bridgehead atoms. The number of carbonyl (C=O) groups excluding carboxylic acids is 1. The van der Waals surface area contributed by atoms with E-state index in [9.17, 15) is 18.0 Å². The second-order valence-electron chi connectivity index (χ2n) is 4.16. The highest BCUT2D eigenvalue weighted by atomic mass is 32.2. The van der Waals surface area contributed by atoms with Gasteiger partial charge in [0.2, 0.25) is 5.91 Å². The lowest BCUT2D eigenvalue weighted by Crippen LogP contribution is -2.46. The molecule has 0 unspecified atom stereocenters. The largest absolute Gasteiger partial charge is 0.480 e. The lowest BCUT2D eigenvalue weighted by atomic mass is 10.2. The highest BCUT2D eigenvalue weighted by molar-refractivity contribution is 7.91. The molecule has 0 aliphatic rings. The van der Waals surface area contributed by atoms with Gasteiger partial charge in [-0.15, -0.1) is 11.3 Å². The molecule has 0 radical (unpaired) electrons. The van der Waals surface area contributed by atoms with Gasteiger partial charge >= 0.3 is 5.97 Å². The van der Waals surface area contributed by atoms with Crippen molar-refractivity contribution in [2.24, 2.45) is 0 Å². The van der Waals surface area contributed by atoms with Crippen molar-refractivity contribution in [3.05, 3.63) is 17.5 Å². The quantitative estimate of drug-likeness (QED) is 0.578. The van der Waals surface area contributed by atoms with Crippen LogP contribution in [0.25, 0.3) is 0 Å². The molecule has 1 aromatic rings. The zero-order chi connectivity index (χ0) is 16.0. The number of hydrogen-bond donors (Lipinski definition) is 3. The zero-order valence-corrected chi connectivity index (χ0v) is 12.9. The minimum absolute atomic E-state index is 0.0999. The number of nitrogens with one attached hydrogen (secondary N) is 1. The Morgan fingerprint density at radius 3 is 2.62 bits per heavy atom. The number of carboxylic acids is 1. The van der Waals surface area contributed by atoms with Crippen molar-refractivity contribution in [2.75, 3.05) is 20.2 Å². The van der Waals surface area contributed by atoms with Crippen molar-refractivity contribution in [2.45, 2.75) is 16.7 Å². The maximum Gasteiger partial charge on any atom is 0.326 e. The first-order valence-electron chi connectivity index (χ1n) is 5.92. The van der Waals surface area contributed by atoms with Gasteiger partial charge in [0, 0.05) is 20.1 Å². The van der Waals surface area contributed by atoms with Crippen LogP contribution >= 0.6 is 11.3 Å². The number of nitrogens with zero attached hydrogens (tertiary/aromatic N) is 1. The fourth-order valence-electron chi connectivity index (χ4n) is 1.48. The maximum absolute atomic E-state index is 12.1. The average molecular weight is 336 g/mol. The molecule has 0 aliphatic heterocycles. The van der Waals surface area contributed by atoms with Crippen LogP contribution in [0.3, 0.4) is 0 Å². The Labute approximate surface area is 126 Å². The van der Waals surface area contributed by atoms with Crippen molar-refractivity contribution >= 4 is 33.2 Å². The number of carbonyl (C=O) groups is 2. The van der Waals surface area contributed by atoms with Crippen LogP contribution in [-0.4, -0.2) is 61.1 Å². The number of hydrogen-bond acceptors (Lipinski definition) is 6. The van der Waals surface area contributed by atoms with E-state index in [1.807, 2.05) is 0 Å². The molecule has 8 nitrogen and oxygen atoms in total. The smallest absolute Gasteiger partial charge is 0.326 e. The molecular formula is C11H16N2O6S2. The Kier molecular flexibility index (Phi) is 6.27. The third kappa shape index (κ3) is 4.77. The van der Waals surface area contributed by atoms with Crippen LogP contribution in [0.1, 0.15) is 6.42 Å². The van der Waals surface area contributed by atoms with Crippen molar-refractivity contribution in [1.29, 1.82) is 0 Å². The van der Waals surface area contributed by atoms with Gasteiger partial charge in [0.05, 0.1) is 6.54 Å². The van der Waals surface area contributed by atoms with Gasteiger partial charge in [-0.3, -0.25) is 4.79 Å². The molecular weight excluding hydrogens is 320 g/mol. The van der Waals surface area contributed by atoms with E-state index >= 15 is 0 Å². The summed E-state index contributed by atoms with van der Waals surface area (Å²) in [5, 5.41) is 21.3. The zero-order valence-electron chi connectivity index (χ0n) is 11.2. The first-order valence-corrected chi connectivity index (χ1v) is 8.24. The second kappa shape index (κ2) is 7.50. The third-order valence-corrected chi connectivity index (χ3v) is 5.75. The van der Waals surface area contributed by atoms with Gasteiger partial charge in [0.1, 0.15) is 10.3 Å². The number of rotatable bonds is 8. The van der Waals surface area contributed by atoms with Crippen LogP contribution in [0.4, 0.5) is 0 Å². The van der Waals surface area contributed by atoms with Crippen molar-refractivity contribution in [3.63, 3.8) is 0 Å². The third-order valence-electron chi connectivity index (χ3n) is 2.58. The van der Waals surface area contributed by atoms with E-state index < -0.39 is 41.1 Å². The van der Waals surface area contributed by atoms with Crippen molar-refractivity contribution in [1.82, 2.24) is 9.62 Å². The van der Waals surface area contributed by atoms with Crippen molar-refractivity contribution in [3.8, 4) is 0 Å². The van der Waals surface area contributed by atoms with E-state index in [0.29, 0.717) is 0 Å². The van der Waals surface area contributed by atoms with Gasteiger partial charge in [-0.25, -0.2) is 13.2 Å². The molecule has 1 amide bonds. The number of aliphatic hydroxyl groups excluding tert-OH is 1. The Morgan fingerprint density at radius 2 is 2.14 bits per heavy atom. The number of likely N-dealkylation sites (N-methyl/N-ethyl adjacent to an activating group) is 1. The van der Waals surface area contributed by atoms with Crippen LogP contribution in [0, 0.1) is 0 Å². The monoisotopic (exact) mass is 336 g/mol. The number of amides is 1. The first-order chi connectivity index (χ1) is 9.78. The van der Waals surface area contributed by atoms with E-state index in [1.54, 1.807) is 11.4 Å². The van der Waals surface area contributed by atoms with Crippen molar-refractivity contribution < 1.29 is 28.2 Å². The summed E-state index contributed by atoms with van der Waals surface area (Å²) in [4.78, 5) is 22.5. The van der Waals surface area contributed by atoms with Gasteiger partial charge in [0.25, 0.3) is 10.0 Å². The molecule has 0 aromatic carbocycles. The average Bonchev–Trinajstić information content (AvgIpc) is 2.92. The minimum Gasteiger partial charge on any atom is -0.480 e. The summed E-state index contributed by atoms with van der Waals surface area (Å²) < 4.78 is 25.1. The summed E-state index contributed by atoms with van der Waals surface area (Å²) in [6.07, 6.45) is -0.150. The van der Waals surface area contributed by atoms with Gasteiger partial charge < -0.3 is 15.5 Å². The van der Waals surface area contributed by atoms with Gasteiger partial charge in [-0.1, -0.05) is 6.07 Å². The van der Waals surface area contributed by atoms with Gasteiger partial charge in [-0.05, 0) is 11.4 Å². The molecule has 3 N–H and O–H groups in total. The molecule has 21 heavy (non-hydrogen) atoms. The predicted molar refractivity (Wildman–Crippen MR) is 75.4 cm³/mol. The minimum atomic E-state index is -3.76. The Balaban J connectivity index is 2.68. The molecule has 118 valence electrons. The Morgan fingerprint density at radius 1 is 1.48 bits per heavy atom. The topological polar surface area (TPSA) is 124 Å². The summed E-state index contributed by atoms with van der Waals surface area (Å²) in [7, 11) is -2.53. The standard InChI is InChI=1S/C11H16N2O6S2/c1-13(21(18,19)10-3-2-6-20-10)7-9(15)12-8(4-5-14)11(16)17/h2-3,6,8,14H,4-5,7H2,1H3,(H,12,15)(H,16,17)/t8-/m1/s1. The fourth-order valence-corrected chi connectivity index (χ4v) is 3.81. The van der Waals surface area contributed by atoms with E-state index in [1.165, 1.54) is 13.1 Å². The lowest BCUT2D eigenvalue weighted by Gasteiger charge is -2.18. The summed E-state index contributed by atoms with van der Waals surface area (Å²) in [6.45, 7) is -0.907. The van der Waals surface area contributed by atoms with E-state index in [-0.39, 0.29) is 10.6 Å². The lowest BCUT2D eigenvalue weighted by molar-refractivity contribution is -0.142. The van der Waals surface area contributed by atoms with Crippen LogP contribution < -0.4 is 5.32 Å². The molecule has 0 spiro atoms. The Hall–Kier alpha value is -1.49. The molecule has 1 rings (SSSR count). The SMILES string of the molecule is CN(CC(=O)N[C@H](CCO)C(=O)O)S(=O)(=O)c1cccs1. The molecule has 1 aromatic heterocycles. The van der Waals surface area contributed by atoms with Crippen LogP contribution in [0.2, 0.25) is 0 Å². The summed E-state index contributed by atoms with van der Waals surface area (Å²) in [6, 6.07) is 1.74. The molecule has 1 heterocycles. The molecule has 0 saturated heterocycles. The van der Waals surface area contributed by atoms with Crippen LogP contribution in [-0.2, 0) is 19.6 Å². The molecule has 0 aliphatic carbocycles. The normalized spacial score (nSPS) is 13.1. The summed E-state index contributed by atoms with van der Waals surface area (Å²) in [5.41, 5.74) is 0. The van der Waals surface area contributed by atoms with Gasteiger partial charge in [0.15, 0.2) is 0 Å². The van der Waals surface area contributed by atoms with E-state index in [2.05, 4.69) is 5.32 Å². The van der Waals surface area contributed by atoms with Gasteiger partial charge in [-0.2, -0.15) is 4.31 Å². The Bertz CT molecular complexity index is 584. The number of aliphatic hydroxyl groups is 1. The molecule has 10 heteroatoms. The number of aliphatic carboxylic acids is 1. The second-order valence-corrected chi connectivity index (χ2v) is 7.38. The van der Waals surface area contributed by atoms with E-state index in [0.717, 1.165) is 15.6 Å². The van der Waals surface area contributed by atoms with Crippen LogP contribution in [0.5, 0.6) is 0 Å². The van der Waals surface area contributed by atoms with E-state index in [4.69, 9.17) is 10.2 Å². The number of carboxylic acid groups (broad SMARTS) is 1. The fraction of sp³-hybridized carbons (Fsp3) is 0.455. The predicted octanol–water partition coefficient (Wildman–Crippen LogP) is -0.680. The number of sulfonamides is 1.